The molecule has 0 aliphatic carbocycles. The lowest BCUT2D eigenvalue weighted by Gasteiger charge is -2.31. The van der Waals surface area contributed by atoms with Crippen molar-refractivity contribution in [2.75, 3.05) is 31.1 Å². The highest BCUT2D eigenvalue weighted by atomic mass is 32.1. The average molecular weight is 420 g/mol. The van der Waals surface area contributed by atoms with Crippen LogP contribution in [-0.4, -0.2) is 53.0 Å². The van der Waals surface area contributed by atoms with Gasteiger partial charge in [0, 0.05) is 42.9 Å². The summed E-state index contributed by atoms with van der Waals surface area (Å²) in [6, 6.07) is -0.104. The molecule has 0 bridgehead atoms. The summed E-state index contributed by atoms with van der Waals surface area (Å²) in [6.07, 6.45) is 4.24. The summed E-state index contributed by atoms with van der Waals surface area (Å²) in [4.78, 5) is 37.7. The fourth-order valence-corrected chi connectivity index (χ4v) is 5.54. The van der Waals surface area contributed by atoms with Crippen molar-refractivity contribution in [3.05, 3.63) is 27.2 Å². The van der Waals surface area contributed by atoms with Crippen molar-refractivity contribution in [2.45, 2.75) is 44.9 Å². The van der Waals surface area contributed by atoms with Crippen molar-refractivity contribution in [1.29, 1.82) is 0 Å². The number of piperidine rings is 1. The molecule has 1 atom stereocenters. The molecular formula is C19H25N5O2S2. The number of hydrogen-bond donors (Lipinski definition) is 1. The number of carbonyl (C=O) groups excluding carboxylic acids is 2. The second-order valence-corrected chi connectivity index (χ2v) is 8.97. The monoisotopic (exact) mass is 419 g/mol. The molecule has 1 unspecified atom stereocenters. The van der Waals surface area contributed by atoms with Gasteiger partial charge in [-0.25, -0.2) is 14.8 Å². The van der Waals surface area contributed by atoms with Crippen molar-refractivity contribution in [3.63, 3.8) is 0 Å². The van der Waals surface area contributed by atoms with Gasteiger partial charge in [-0.1, -0.05) is 6.92 Å². The predicted molar refractivity (Wildman–Crippen MR) is 111 cm³/mol. The number of carbonyl (C=O) groups is 2. The summed E-state index contributed by atoms with van der Waals surface area (Å²) in [7, 11) is 0. The van der Waals surface area contributed by atoms with Gasteiger partial charge in [-0.05, 0) is 25.7 Å². The Kier molecular flexibility index (Phi) is 5.91. The van der Waals surface area contributed by atoms with Crippen LogP contribution >= 0.6 is 22.7 Å². The number of urea groups is 1. The minimum atomic E-state index is -0.104. The molecule has 4 heterocycles. The Hall–Kier alpha value is -2.00. The van der Waals surface area contributed by atoms with Gasteiger partial charge < -0.3 is 10.2 Å². The number of hydrogen-bond acceptors (Lipinski definition) is 6. The van der Waals surface area contributed by atoms with Gasteiger partial charge in [-0.2, -0.15) is 0 Å². The Labute approximate surface area is 172 Å². The van der Waals surface area contributed by atoms with Crippen molar-refractivity contribution in [3.8, 4) is 0 Å². The SMILES string of the molecule is CCc1csc(C2CCCN(C(=O)Cc3csc(N4CCCNC4=O)n3)C2)n1. The average Bonchev–Trinajstić information content (AvgIpc) is 3.38. The first kappa shape index (κ1) is 19.3. The van der Waals surface area contributed by atoms with E-state index in [2.05, 4.69) is 22.6 Å². The topological polar surface area (TPSA) is 78.4 Å². The maximum atomic E-state index is 12.8. The van der Waals surface area contributed by atoms with Crippen LogP contribution in [0.4, 0.5) is 9.93 Å². The first-order valence-electron chi connectivity index (χ1n) is 9.86. The fraction of sp³-hybridized carbons (Fsp3) is 0.579. The Bertz CT molecular complexity index is 849. The van der Waals surface area contributed by atoms with E-state index in [1.54, 1.807) is 16.2 Å². The first-order valence-corrected chi connectivity index (χ1v) is 11.6. The molecule has 3 amide bonds. The van der Waals surface area contributed by atoms with E-state index < -0.39 is 0 Å². The number of aromatic nitrogens is 2. The van der Waals surface area contributed by atoms with Gasteiger partial charge in [-0.3, -0.25) is 9.69 Å². The summed E-state index contributed by atoms with van der Waals surface area (Å²) in [5.74, 6) is 0.447. The van der Waals surface area contributed by atoms with Crippen LogP contribution in [0.15, 0.2) is 10.8 Å². The summed E-state index contributed by atoms with van der Waals surface area (Å²) in [6.45, 7) is 5.04. The van der Waals surface area contributed by atoms with E-state index in [1.807, 2.05) is 10.3 Å². The predicted octanol–water partition coefficient (Wildman–Crippen LogP) is 3.03. The zero-order chi connectivity index (χ0) is 19.5. The molecule has 7 nitrogen and oxygen atoms in total. The van der Waals surface area contributed by atoms with E-state index >= 15 is 0 Å². The van der Waals surface area contributed by atoms with Gasteiger partial charge in [-0.15, -0.1) is 22.7 Å². The summed E-state index contributed by atoms with van der Waals surface area (Å²) < 4.78 is 0. The number of aryl methyl sites for hydroxylation is 1. The molecular weight excluding hydrogens is 394 g/mol. The van der Waals surface area contributed by atoms with Crippen molar-refractivity contribution >= 4 is 39.7 Å². The molecule has 2 aromatic heterocycles. The van der Waals surface area contributed by atoms with Gasteiger partial charge in [0.1, 0.15) is 0 Å². The molecule has 0 aromatic carbocycles. The van der Waals surface area contributed by atoms with Crippen molar-refractivity contribution in [1.82, 2.24) is 20.2 Å². The van der Waals surface area contributed by atoms with Crippen LogP contribution < -0.4 is 10.2 Å². The maximum Gasteiger partial charge on any atom is 0.323 e. The first-order chi connectivity index (χ1) is 13.6. The van der Waals surface area contributed by atoms with Crippen LogP contribution in [0, 0.1) is 0 Å². The minimum Gasteiger partial charge on any atom is -0.342 e. The molecule has 2 fully saturated rings. The van der Waals surface area contributed by atoms with E-state index in [9.17, 15) is 9.59 Å². The highest BCUT2D eigenvalue weighted by molar-refractivity contribution is 7.14. The van der Waals surface area contributed by atoms with Crippen LogP contribution in [0.25, 0.3) is 0 Å². The molecule has 0 saturated carbocycles. The van der Waals surface area contributed by atoms with E-state index in [4.69, 9.17) is 4.98 Å². The Morgan fingerprint density at radius 2 is 2.07 bits per heavy atom. The molecule has 1 N–H and O–H groups in total. The lowest BCUT2D eigenvalue weighted by molar-refractivity contribution is -0.131. The molecule has 2 aliphatic rings. The van der Waals surface area contributed by atoms with Crippen molar-refractivity contribution in [2.24, 2.45) is 0 Å². The lowest BCUT2D eigenvalue weighted by atomic mass is 9.98. The van der Waals surface area contributed by atoms with Gasteiger partial charge in [0.2, 0.25) is 5.91 Å². The van der Waals surface area contributed by atoms with Gasteiger partial charge >= 0.3 is 6.03 Å². The Morgan fingerprint density at radius 1 is 1.21 bits per heavy atom. The number of rotatable bonds is 5. The van der Waals surface area contributed by atoms with Gasteiger partial charge in [0.25, 0.3) is 0 Å². The third-order valence-corrected chi connectivity index (χ3v) is 7.21. The smallest absolute Gasteiger partial charge is 0.323 e. The van der Waals surface area contributed by atoms with Gasteiger partial charge in [0.05, 0.1) is 22.8 Å². The standard InChI is InChI=1S/C19H25N5O2S2/c1-2-14-11-27-17(21-14)13-5-3-7-23(10-13)16(25)9-15-12-28-19(22-15)24-8-4-6-20-18(24)26/h11-13H,2-10H2,1H3,(H,20,26). The van der Waals surface area contributed by atoms with Crippen LogP contribution in [0.1, 0.15) is 48.5 Å². The van der Waals surface area contributed by atoms with E-state index in [-0.39, 0.29) is 18.4 Å². The van der Waals surface area contributed by atoms with Crippen LogP contribution in [0.2, 0.25) is 0 Å². The molecule has 2 saturated heterocycles. The van der Waals surface area contributed by atoms with E-state index in [0.29, 0.717) is 24.1 Å². The number of thiazole rings is 2. The Morgan fingerprint density at radius 3 is 2.86 bits per heavy atom. The van der Waals surface area contributed by atoms with Crippen LogP contribution in [0.5, 0.6) is 0 Å². The molecule has 4 rings (SSSR count). The molecule has 28 heavy (non-hydrogen) atoms. The maximum absolute atomic E-state index is 12.8. The quantitative estimate of drug-likeness (QED) is 0.808. The normalized spacial score (nSPS) is 20.3. The highest BCUT2D eigenvalue weighted by Crippen LogP contribution is 2.30. The third-order valence-electron chi connectivity index (χ3n) is 5.24. The third kappa shape index (κ3) is 4.20. The second kappa shape index (κ2) is 8.57. The largest absolute Gasteiger partial charge is 0.342 e. The van der Waals surface area contributed by atoms with Crippen LogP contribution in [0.3, 0.4) is 0 Å². The van der Waals surface area contributed by atoms with E-state index in [1.165, 1.54) is 11.3 Å². The van der Waals surface area contributed by atoms with Gasteiger partial charge in [0.15, 0.2) is 5.13 Å². The number of likely N-dealkylation sites (tertiary alicyclic amines) is 1. The number of nitrogens with zero attached hydrogens (tertiary/aromatic N) is 4. The number of amides is 3. The van der Waals surface area contributed by atoms with Crippen LogP contribution in [-0.2, 0) is 17.6 Å². The van der Waals surface area contributed by atoms with E-state index in [0.717, 1.165) is 55.2 Å². The zero-order valence-electron chi connectivity index (χ0n) is 16.0. The number of anilines is 1. The summed E-state index contributed by atoms with van der Waals surface area (Å²) in [5.41, 5.74) is 1.88. The van der Waals surface area contributed by atoms with Crippen molar-refractivity contribution < 1.29 is 9.59 Å². The Balaban J connectivity index is 1.37. The summed E-state index contributed by atoms with van der Waals surface area (Å²) >= 11 is 3.14. The number of nitrogens with one attached hydrogen (secondary N) is 1. The second-order valence-electron chi connectivity index (χ2n) is 7.24. The lowest BCUT2D eigenvalue weighted by Crippen LogP contribution is -2.46. The molecule has 2 aliphatic heterocycles. The molecule has 9 heteroatoms. The minimum absolute atomic E-state index is 0.104. The molecule has 150 valence electrons. The fourth-order valence-electron chi connectivity index (χ4n) is 3.66. The highest BCUT2D eigenvalue weighted by Gasteiger charge is 2.28. The molecule has 2 aromatic rings. The molecule has 0 radical (unpaired) electrons. The zero-order valence-corrected chi connectivity index (χ0v) is 17.7. The summed E-state index contributed by atoms with van der Waals surface area (Å²) in [5, 5.41) is 8.68. The molecule has 0 spiro atoms.